The molecule has 0 aromatic heterocycles. The van der Waals surface area contributed by atoms with Crippen LogP contribution in [0.2, 0.25) is 0 Å². The highest BCUT2D eigenvalue weighted by atomic mass is 32.2. The van der Waals surface area contributed by atoms with Crippen molar-refractivity contribution in [3.05, 3.63) is 59.7 Å². The smallest absolute Gasteiger partial charge is 0.251 e. The second-order valence-electron chi connectivity index (χ2n) is 8.06. The molecule has 2 atom stereocenters. The van der Waals surface area contributed by atoms with Crippen molar-refractivity contribution in [2.75, 3.05) is 28.5 Å². The van der Waals surface area contributed by atoms with Gasteiger partial charge in [-0.05, 0) is 74.6 Å². The number of nitrogens with zero attached hydrogens (tertiary/aromatic N) is 1. The average Bonchev–Trinajstić information content (AvgIpc) is 2.74. The average molecular weight is 430 g/mol. The van der Waals surface area contributed by atoms with Crippen LogP contribution in [-0.2, 0) is 10.0 Å². The van der Waals surface area contributed by atoms with Crippen molar-refractivity contribution in [1.29, 1.82) is 0 Å². The Hall–Kier alpha value is -2.54. The van der Waals surface area contributed by atoms with E-state index in [1.165, 1.54) is 18.5 Å². The number of hydrogen-bond acceptors (Lipinski definition) is 4. The molecule has 3 rings (SSSR count). The fraction of sp³-hybridized carbons (Fsp3) is 0.435. The number of anilines is 2. The third-order valence-corrected chi connectivity index (χ3v) is 6.87. The van der Waals surface area contributed by atoms with E-state index in [-0.39, 0.29) is 17.7 Å². The van der Waals surface area contributed by atoms with Crippen LogP contribution in [0.1, 0.15) is 55.6 Å². The van der Waals surface area contributed by atoms with Crippen LogP contribution >= 0.6 is 0 Å². The van der Waals surface area contributed by atoms with Crippen molar-refractivity contribution < 1.29 is 13.2 Å². The molecule has 1 amide bonds. The maximum absolute atomic E-state index is 12.6. The molecule has 30 heavy (non-hydrogen) atoms. The number of sulfonamides is 1. The van der Waals surface area contributed by atoms with Gasteiger partial charge in [0.25, 0.3) is 5.91 Å². The van der Waals surface area contributed by atoms with E-state index >= 15 is 0 Å². The molecule has 1 aliphatic rings. The lowest BCUT2D eigenvalue weighted by molar-refractivity contribution is 0.0940. The topological polar surface area (TPSA) is 78.5 Å². The van der Waals surface area contributed by atoms with E-state index in [4.69, 9.17) is 0 Å². The highest BCUT2D eigenvalue weighted by Gasteiger charge is 2.17. The van der Waals surface area contributed by atoms with Gasteiger partial charge in [-0.2, -0.15) is 0 Å². The second-order valence-corrected chi connectivity index (χ2v) is 10.1. The largest absolute Gasteiger partial charge is 0.371 e. The van der Waals surface area contributed by atoms with Crippen LogP contribution in [0.25, 0.3) is 0 Å². The third-order valence-electron chi connectivity index (χ3n) is 5.56. The summed E-state index contributed by atoms with van der Waals surface area (Å²) in [5, 5.41) is 3.01. The molecule has 1 aliphatic heterocycles. The van der Waals surface area contributed by atoms with Gasteiger partial charge in [0, 0.05) is 30.0 Å². The summed E-state index contributed by atoms with van der Waals surface area (Å²) in [4.78, 5) is 15.0. The van der Waals surface area contributed by atoms with E-state index in [1.807, 2.05) is 6.92 Å². The summed E-state index contributed by atoms with van der Waals surface area (Å²) in [6.07, 6.45) is 2.52. The minimum Gasteiger partial charge on any atom is -0.371 e. The van der Waals surface area contributed by atoms with E-state index < -0.39 is 10.0 Å². The molecule has 0 radical (unpaired) electrons. The number of hydrogen-bond donors (Lipinski definition) is 2. The van der Waals surface area contributed by atoms with Crippen LogP contribution in [0.4, 0.5) is 11.4 Å². The van der Waals surface area contributed by atoms with Gasteiger partial charge in [-0.3, -0.25) is 9.52 Å². The fourth-order valence-corrected chi connectivity index (χ4v) is 4.34. The Morgan fingerprint density at radius 3 is 2.40 bits per heavy atom. The molecule has 1 heterocycles. The lowest BCUT2D eigenvalue weighted by Gasteiger charge is -2.33. The summed E-state index contributed by atoms with van der Waals surface area (Å²) in [7, 11) is -3.33. The van der Waals surface area contributed by atoms with Crippen molar-refractivity contribution in [1.82, 2.24) is 5.32 Å². The maximum atomic E-state index is 12.6. The third kappa shape index (κ3) is 5.75. The molecule has 7 heteroatoms. The molecule has 0 bridgehead atoms. The first-order chi connectivity index (χ1) is 14.3. The first kappa shape index (κ1) is 22.2. The van der Waals surface area contributed by atoms with Gasteiger partial charge in [0.15, 0.2) is 0 Å². The zero-order valence-electron chi connectivity index (χ0n) is 17.9. The van der Waals surface area contributed by atoms with Gasteiger partial charge in [-0.1, -0.05) is 19.1 Å². The number of rotatable bonds is 7. The molecule has 162 valence electrons. The van der Waals surface area contributed by atoms with Crippen LogP contribution in [0.15, 0.2) is 48.5 Å². The Bertz CT molecular complexity index is 956. The molecule has 0 saturated carbocycles. The summed E-state index contributed by atoms with van der Waals surface area (Å²) < 4.78 is 25.7. The summed E-state index contributed by atoms with van der Waals surface area (Å²) in [6.45, 7) is 8.02. The summed E-state index contributed by atoms with van der Waals surface area (Å²) in [5.41, 5.74) is 3.21. The van der Waals surface area contributed by atoms with Crippen molar-refractivity contribution in [3.63, 3.8) is 0 Å². The maximum Gasteiger partial charge on any atom is 0.251 e. The summed E-state index contributed by atoms with van der Waals surface area (Å²) in [6, 6.07) is 14.7. The standard InChI is InChI=1S/C23H31N3O3S/c1-4-30(28,29)25-21-11-7-20(8-12-21)23(27)24-18(3)19-9-13-22(14-10-19)26-15-5-6-17(2)16-26/h7-14,17-18,25H,4-6,15-16H2,1-3H3,(H,24,27)/t17-,18+/m1/s1. The first-order valence-corrected chi connectivity index (χ1v) is 12.2. The highest BCUT2D eigenvalue weighted by Crippen LogP contribution is 2.25. The van der Waals surface area contributed by atoms with E-state index in [0.29, 0.717) is 11.3 Å². The minimum atomic E-state index is -3.33. The van der Waals surface area contributed by atoms with Crippen LogP contribution in [0.5, 0.6) is 0 Å². The van der Waals surface area contributed by atoms with Crippen LogP contribution in [0.3, 0.4) is 0 Å². The predicted octanol–water partition coefficient (Wildman–Crippen LogP) is 4.18. The molecule has 2 aromatic rings. The molecule has 1 fully saturated rings. The molecule has 0 spiro atoms. The number of piperidine rings is 1. The molecule has 1 saturated heterocycles. The predicted molar refractivity (Wildman–Crippen MR) is 122 cm³/mol. The molecule has 2 N–H and O–H groups in total. The zero-order valence-corrected chi connectivity index (χ0v) is 18.7. The van der Waals surface area contributed by atoms with Crippen molar-refractivity contribution in [3.8, 4) is 0 Å². The highest BCUT2D eigenvalue weighted by molar-refractivity contribution is 7.92. The Morgan fingerprint density at radius 1 is 1.13 bits per heavy atom. The van der Waals surface area contributed by atoms with Crippen LogP contribution in [-0.4, -0.2) is 33.2 Å². The van der Waals surface area contributed by atoms with Gasteiger partial charge in [0.2, 0.25) is 10.0 Å². The van der Waals surface area contributed by atoms with Gasteiger partial charge in [0.1, 0.15) is 0 Å². The monoisotopic (exact) mass is 429 g/mol. The van der Waals surface area contributed by atoms with Crippen molar-refractivity contribution in [2.24, 2.45) is 5.92 Å². The lowest BCUT2D eigenvalue weighted by atomic mass is 9.99. The second kappa shape index (κ2) is 9.51. The van der Waals surface area contributed by atoms with Crippen LogP contribution < -0.4 is 14.9 Å². The van der Waals surface area contributed by atoms with Gasteiger partial charge in [-0.15, -0.1) is 0 Å². The Morgan fingerprint density at radius 2 is 1.80 bits per heavy atom. The minimum absolute atomic E-state index is 0.00231. The van der Waals surface area contributed by atoms with Gasteiger partial charge < -0.3 is 10.2 Å². The van der Waals surface area contributed by atoms with E-state index in [9.17, 15) is 13.2 Å². The molecular weight excluding hydrogens is 398 g/mol. The molecule has 2 aromatic carbocycles. The van der Waals surface area contributed by atoms with Gasteiger partial charge in [-0.25, -0.2) is 8.42 Å². The van der Waals surface area contributed by atoms with E-state index in [2.05, 4.69) is 46.1 Å². The van der Waals surface area contributed by atoms with Crippen LogP contribution in [0, 0.1) is 5.92 Å². The molecular formula is C23H31N3O3S. The van der Waals surface area contributed by atoms with Gasteiger partial charge in [0.05, 0.1) is 11.8 Å². The SMILES string of the molecule is CCS(=O)(=O)Nc1ccc(C(=O)N[C@@H](C)c2ccc(N3CCC[C@@H](C)C3)cc2)cc1. The normalized spacial score (nSPS) is 18.0. The molecule has 0 unspecified atom stereocenters. The lowest BCUT2D eigenvalue weighted by Crippen LogP contribution is -2.34. The number of nitrogens with one attached hydrogen (secondary N) is 2. The summed E-state index contributed by atoms with van der Waals surface area (Å²) in [5.74, 6) is 0.532. The first-order valence-electron chi connectivity index (χ1n) is 10.5. The summed E-state index contributed by atoms with van der Waals surface area (Å²) >= 11 is 0. The Labute approximate surface area is 179 Å². The van der Waals surface area contributed by atoms with E-state index in [0.717, 1.165) is 24.6 Å². The quantitative estimate of drug-likeness (QED) is 0.692. The number of carbonyl (C=O) groups is 1. The van der Waals surface area contributed by atoms with Crippen molar-refractivity contribution in [2.45, 2.75) is 39.7 Å². The Kier molecular flexibility index (Phi) is 7.02. The van der Waals surface area contributed by atoms with Gasteiger partial charge >= 0.3 is 0 Å². The zero-order chi connectivity index (χ0) is 21.7. The number of carbonyl (C=O) groups excluding carboxylic acids is 1. The number of benzene rings is 2. The number of amides is 1. The fourth-order valence-electron chi connectivity index (χ4n) is 3.70. The molecule has 0 aliphatic carbocycles. The molecule has 6 nitrogen and oxygen atoms in total. The van der Waals surface area contributed by atoms with E-state index in [1.54, 1.807) is 31.2 Å². The van der Waals surface area contributed by atoms with Crippen molar-refractivity contribution >= 4 is 27.3 Å². The Balaban J connectivity index is 1.60.